The normalized spacial score (nSPS) is 22.1. The zero-order valence-electron chi connectivity index (χ0n) is 30.4. The molecule has 2 aromatic rings. The molecule has 0 saturated carbocycles. The Bertz CT molecular complexity index is 1840. The maximum absolute atomic E-state index is 12.7. The SMILES string of the molecule is CC(C)(COP(=O)(O)OP(=O)(O)OC[C@H]1O[C@@H](n2cnc3c(N)ncnc32)[C@H](O)[C@@H]1OP(=O)(O)O)C(O)C(=O)NCCC(=O)NCCSC(=O)C(O)CCCCO. The lowest BCUT2D eigenvalue weighted by Gasteiger charge is -2.30. The highest BCUT2D eigenvalue weighted by Crippen LogP contribution is 2.61. The second-order valence-corrected chi connectivity index (χ2v) is 18.3. The van der Waals surface area contributed by atoms with Gasteiger partial charge >= 0.3 is 23.5 Å². The highest BCUT2D eigenvalue weighted by atomic mass is 32.2. The number of fused-ring (bicyclic) bond motifs is 1. The van der Waals surface area contributed by atoms with Crippen LogP contribution in [0.15, 0.2) is 12.7 Å². The highest BCUT2D eigenvalue weighted by molar-refractivity contribution is 8.13. The van der Waals surface area contributed by atoms with E-state index in [0.717, 1.165) is 29.0 Å². The van der Waals surface area contributed by atoms with Gasteiger partial charge in [-0.1, -0.05) is 25.6 Å². The van der Waals surface area contributed by atoms with Gasteiger partial charge in [-0.05, 0) is 19.3 Å². The van der Waals surface area contributed by atoms with Gasteiger partial charge in [-0.3, -0.25) is 32.5 Å². The van der Waals surface area contributed by atoms with Gasteiger partial charge in [0, 0.05) is 37.3 Å². The number of carbonyl (C=O) groups is 3. The predicted molar refractivity (Wildman–Crippen MR) is 194 cm³/mol. The number of imidazole rings is 1. The Morgan fingerprint density at radius 1 is 1.04 bits per heavy atom. The van der Waals surface area contributed by atoms with Gasteiger partial charge in [0.2, 0.25) is 16.9 Å². The van der Waals surface area contributed by atoms with Gasteiger partial charge < -0.3 is 61.1 Å². The summed E-state index contributed by atoms with van der Waals surface area (Å²) in [4.78, 5) is 87.4. The van der Waals surface area contributed by atoms with E-state index in [2.05, 4.69) is 34.4 Å². The van der Waals surface area contributed by atoms with Crippen LogP contribution in [0.3, 0.4) is 0 Å². The summed E-state index contributed by atoms with van der Waals surface area (Å²) in [7, 11) is -16.4. The minimum absolute atomic E-state index is 0.0217. The molecule has 0 radical (unpaired) electrons. The molecule has 0 spiro atoms. The van der Waals surface area contributed by atoms with Crippen LogP contribution in [0.5, 0.6) is 0 Å². The van der Waals surface area contributed by atoms with E-state index < -0.39 is 95.8 Å². The first-order valence-electron chi connectivity index (χ1n) is 16.8. The average molecular weight is 898 g/mol. The summed E-state index contributed by atoms with van der Waals surface area (Å²) in [5, 5.41) is 44.3. The average Bonchev–Trinajstić information content (AvgIpc) is 3.68. The molecule has 12 N–H and O–H groups in total. The van der Waals surface area contributed by atoms with Crippen molar-refractivity contribution >= 4 is 69.1 Å². The number of amides is 2. The summed E-state index contributed by atoms with van der Waals surface area (Å²) in [6.07, 6.45) is -7.12. The summed E-state index contributed by atoms with van der Waals surface area (Å²) in [6, 6.07) is 0. The number of phosphoric ester groups is 3. The number of nitrogens with one attached hydrogen (secondary N) is 2. The maximum atomic E-state index is 12.7. The molecule has 0 aliphatic carbocycles. The van der Waals surface area contributed by atoms with E-state index >= 15 is 0 Å². The van der Waals surface area contributed by atoms with Gasteiger partial charge in [-0.2, -0.15) is 4.31 Å². The van der Waals surface area contributed by atoms with Crippen LogP contribution < -0.4 is 16.4 Å². The molecule has 1 saturated heterocycles. The molecule has 324 valence electrons. The fourth-order valence-corrected chi connectivity index (χ4v) is 8.49. The molecule has 1 aliphatic rings. The summed E-state index contributed by atoms with van der Waals surface area (Å²) in [6.45, 7) is 0.184. The van der Waals surface area contributed by atoms with Crippen molar-refractivity contribution in [3.63, 3.8) is 0 Å². The number of anilines is 1. The minimum atomic E-state index is -5.59. The lowest BCUT2D eigenvalue weighted by atomic mass is 9.87. The fraction of sp³-hybridized carbons (Fsp3) is 0.704. The van der Waals surface area contributed by atoms with Crippen molar-refractivity contribution < 1.29 is 90.7 Å². The Kier molecular flexibility index (Phi) is 18.1. The highest BCUT2D eigenvalue weighted by Gasteiger charge is 2.50. The topological polar surface area (TPSA) is 404 Å². The number of aliphatic hydroxyl groups excluding tert-OH is 4. The van der Waals surface area contributed by atoms with Gasteiger partial charge in [0.05, 0.1) is 19.5 Å². The summed E-state index contributed by atoms with van der Waals surface area (Å²) in [5.41, 5.74) is 4.21. The van der Waals surface area contributed by atoms with E-state index in [1.807, 2.05) is 0 Å². The molecule has 3 heterocycles. The van der Waals surface area contributed by atoms with Crippen LogP contribution in [0, 0.1) is 5.41 Å². The Balaban J connectivity index is 1.47. The van der Waals surface area contributed by atoms with Gasteiger partial charge in [0.15, 0.2) is 17.7 Å². The molecule has 1 aliphatic heterocycles. The number of phosphoric acid groups is 3. The summed E-state index contributed by atoms with van der Waals surface area (Å²) >= 11 is 0.824. The Morgan fingerprint density at radius 2 is 1.72 bits per heavy atom. The molecule has 26 nitrogen and oxygen atoms in total. The van der Waals surface area contributed by atoms with Gasteiger partial charge in [0.25, 0.3) is 0 Å². The van der Waals surface area contributed by atoms with Crippen molar-refractivity contribution in [3.05, 3.63) is 12.7 Å². The number of nitrogen functional groups attached to an aromatic ring is 1. The number of ether oxygens (including phenoxy) is 1. The third-order valence-corrected chi connectivity index (χ3v) is 12.0. The van der Waals surface area contributed by atoms with Gasteiger partial charge in [-0.15, -0.1) is 0 Å². The molecular weight excluding hydrogens is 851 g/mol. The Labute approximate surface area is 328 Å². The largest absolute Gasteiger partial charge is 0.481 e. The van der Waals surface area contributed by atoms with E-state index in [4.69, 9.17) is 24.6 Å². The lowest BCUT2D eigenvalue weighted by Crippen LogP contribution is -2.46. The third kappa shape index (κ3) is 15.2. The number of nitrogens with two attached hydrogens (primary N) is 1. The van der Waals surface area contributed by atoms with Crippen molar-refractivity contribution in [2.45, 2.75) is 76.3 Å². The molecule has 2 amide bonds. The van der Waals surface area contributed by atoms with Crippen LogP contribution in [0.4, 0.5) is 5.82 Å². The number of hydrogen-bond donors (Lipinski definition) is 11. The van der Waals surface area contributed by atoms with E-state index in [9.17, 15) is 63.0 Å². The van der Waals surface area contributed by atoms with Gasteiger partial charge in [0.1, 0.15) is 42.4 Å². The fourth-order valence-electron chi connectivity index (χ4n) is 4.95. The lowest BCUT2D eigenvalue weighted by molar-refractivity contribution is -0.137. The number of carbonyl (C=O) groups excluding carboxylic acids is 3. The van der Waals surface area contributed by atoms with Crippen LogP contribution in [-0.4, -0.2) is 146 Å². The number of unbranched alkanes of at least 4 members (excludes halogenated alkanes) is 1. The Hall–Kier alpha value is -2.52. The number of thioether (sulfide) groups is 1. The Morgan fingerprint density at radius 3 is 2.39 bits per heavy atom. The molecule has 3 rings (SSSR count). The molecular formula is C27H46N7O19P3S. The summed E-state index contributed by atoms with van der Waals surface area (Å²) < 4.78 is 62.0. The van der Waals surface area contributed by atoms with Crippen LogP contribution in [-0.2, 0) is 50.7 Å². The second-order valence-electron chi connectivity index (χ2n) is 13.0. The zero-order valence-corrected chi connectivity index (χ0v) is 33.9. The number of nitrogens with zero attached hydrogens (tertiary/aromatic N) is 4. The molecule has 1 fully saturated rings. The first-order valence-corrected chi connectivity index (χ1v) is 22.3. The molecule has 2 aromatic heterocycles. The van der Waals surface area contributed by atoms with Crippen molar-refractivity contribution in [2.75, 3.05) is 44.4 Å². The molecule has 30 heteroatoms. The van der Waals surface area contributed by atoms with Crippen LogP contribution in [0.2, 0.25) is 0 Å². The molecule has 0 aromatic carbocycles. The number of aliphatic hydroxyl groups is 4. The van der Waals surface area contributed by atoms with E-state index in [1.165, 1.54) is 13.8 Å². The molecule has 0 bridgehead atoms. The zero-order chi connectivity index (χ0) is 42.8. The van der Waals surface area contributed by atoms with E-state index in [0.29, 0.717) is 12.8 Å². The number of aromatic nitrogens is 4. The predicted octanol–water partition coefficient (Wildman–Crippen LogP) is -1.81. The summed E-state index contributed by atoms with van der Waals surface area (Å²) in [5.74, 6) is -1.40. The second kappa shape index (κ2) is 21.1. The third-order valence-electron chi connectivity index (χ3n) is 7.90. The van der Waals surface area contributed by atoms with Gasteiger partial charge in [-0.25, -0.2) is 28.6 Å². The first-order chi connectivity index (χ1) is 26.5. The van der Waals surface area contributed by atoms with Crippen LogP contribution >= 0.6 is 35.2 Å². The standard InChI is InChI=1S/C27H46N7O19P3S/c1-27(2,21(39)24(40)30-7-6-17(37)29-8-10-57-26(41)15(36)5-3-4-9-35)12-50-56(47,48)53-55(45,46)49-11-16-20(52-54(42,43)44)19(38)25(51-16)34-14-33-18-22(28)31-13-32-23(18)34/h13-16,19-21,25,35-36,38-39H,3-12H2,1-2H3,(H,29,37)(H,30,40)(H,45,46)(H,47,48)(H2,28,31,32)(H2,42,43,44)/t15?,16-,19-,20-,21?,25-/m1/s1. The maximum Gasteiger partial charge on any atom is 0.481 e. The smallest absolute Gasteiger partial charge is 0.396 e. The van der Waals surface area contributed by atoms with Crippen LogP contribution in [0.1, 0.15) is 45.8 Å². The monoisotopic (exact) mass is 897 g/mol. The van der Waals surface area contributed by atoms with Crippen molar-refractivity contribution in [2.24, 2.45) is 5.41 Å². The van der Waals surface area contributed by atoms with E-state index in [-0.39, 0.29) is 55.3 Å². The van der Waals surface area contributed by atoms with Crippen molar-refractivity contribution in [3.8, 4) is 0 Å². The first kappa shape index (κ1) is 48.8. The van der Waals surface area contributed by atoms with E-state index in [1.54, 1.807) is 0 Å². The minimum Gasteiger partial charge on any atom is -0.396 e. The van der Waals surface area contributed by atoms with Crippen LogP contribution in [0.25, 0.3) is 11.2 Å². The van der Waals surface area contributed by atoms with Crippen molar-refractivity contribution in [1.82, 2.24) is 30.2 Å². The van der Waals surface area contributed by atoms with Crippen molar-refractivity contribution in [1.29, 1.82) is 0 Å². The number of hydrogen-bond acceptors (Lipinski definition) is 20. The molecule has 4 unspecified atom stereocenters. The quantitative estimate of drug-likeness (QED) is 0.0408. The molecule has 57 heavy (non-hydrogen) atoms. The molecule has 8 atom stereocenters. The number of rotatable bonds is 24.